The molecule has 0 fully saturated rings. The van der Waals surface area contributed by atoms with Crippen LogP contribution in [0, 0.1) is 0 Å². The van der Waals surface area contributed by atoms with Crippen LogP contribution in [0.5, 0.6) is 0 Å². The number of hydrogen-bond acceptors (Lipinski definition) is 4. The lowest BCUT2D eigenvalue weighted by Gasteiger charge is -2.46. The number of rotatable bonds is 10. The average Bonchev–Trinajstić information content (AvgIpc) is 1.65. The monoisotopic (exact) mass is 1450 g/mol. The van der Waals surface area contributed by atoms with Crippen LogP contribution in [-0.2, 0) is 16.2 Å². The highest BCUT2D eigenvalue weighted by atomic mass is 28.3. The molecule has 0 atom stereocenters. The first-order chi connectivity index (χ1) is 67.2. The van der Waals surface area contributed by atoms with Crippen LogP contribution in [0.4, 0.5) is 34.1 Å². The Hall–Kier alpha value is -12.4. The van der Waals surface area contributed by atoms with Crippen LogP contribution in [0.3, 0.4) is 0 Å². The van der Waals surface area contributed by atoms with Gasteiger partial charge in [-0.3, -0.25) is 0 Å². The molecule has 15 aromatic carbocycles. The number of benzene rings is 15. The van der Waals surface area contributed by atoms with Crippen molar-refractivity contribution in [2.75, 3.05) is 9.80 Å². The maximum atomic E-state index is 12.0. The fraction of sp³-hybridized carbons (Fsp3) is 0.118. The van der Waals surface area contributed by atoms with Gasteiger partial charge in [0.2, 0.25) is 0 Å². The molecule has 7 heteroatoms. The topological polar surface area (TPSA) is 37.7 Å². The summed E-state index contributed by atoms with van der Waals surface area (Å²) in [5, 5.41) is 0.829. The lowest BCUT2D eigenvalue weighted by Crippen LogP contribution is -2.74. The molecule has 20 rings (SSSR count). The van der Waals surface area contributed by atoms with Crippen molar-refractivity contribution < 1.29 is 55.4 Å². The summed E-state index contributed by atoms with van der Waals surface area (Å²) >= 11 is 0. The van der Waals surface area contributed by atoms with Crippen molar-refractivity contribution in [3.63, 3.8) is 0 Å². The van der Waals surface area contributed by atoms with Crippen molar-refractivity contribution in [2.45, 2.75) is 78.6 Å². The molecule has 0 radical (unpaired) electrons. The van der Waals surface area contributed by atoms with E-state index in [1.807, 2.05) is 103 Å². The van der Waals surface area contributed by atoms with E-state index >= 15 is 0 Å². The van der Waals surface area contributed by atoms with Crippen LogP contribution in [0.15, 0.2) is 342 Å². The van der Waals surface area contributed by atoms with Gasteiger partial charge in [0.15, 0.2) is 19.2 Å². The second-order valence-electron chi connectivity index (χ2n) is 30.5. The Morgan fingerprint density at radius 2 is 0.798 bits per heavy atom. The van der Waals surface area contributed by atoms with E-state index in [1.54, 1.807) is 80.5 Å². The third kappa shape index (κ3) is 10.3. The Morgan fingerprint density at radius 1 is 0.349 bits per heavy atom. The van der Waals surface area contributed by atoms with E-state index in [4.69, 9.17) is 10.2 Å². The molecule has 0 saturated heterocycles. The third-order valence-corrected chi connectivity index (χ3v) is 25.7. The molecular formula is C102H82BN3O2Si. The summed E-state index contributed by atoms with van der Waals surface area (Å²) in [6.45, 7) is 12.9. The Labute approximate surface area is 686 Å². The van der Waals surface area contributed by atoms with E-state index in [0.29, 0.717) is 5.19 Å². The number of para-hydroxylation sites is 4. The molecule has 5 heterocycles. The summed E-state index contributed by atoms with van der Waals surface area (Å²) in [6, 6.07) is 8.91. The third-order valence-electron chi connectivity index (χ3n) is 20.9. The van der Waals surface area contributed by atoms with Crippen LogP contribution in [0.2, 0.25) is 0 Å². The molecule has 18 aromatic rings. The summed E-state index contributed by atoms with van der Waals surface area (Å²) in [4.78, 5) is 2.41. The van der Waals surface area contributed by atoms with Gasteiger partial charge in [-0.15, -0.1) is 0 Å². The Kier molecular flexibility index (Phi) is 8.98. The first-order valence-corrected chi connectivity index (χ1v) is 37.7. The average molecular weight is 1450 g/mol. The van der Waals surface area contributed by atoms with Gasteiger partial charge in [-0.2, -0.15) is 0 Å². The molecule has 5 nitrogen and oxygen atoms in total. The number of anilines is 6. The van der Waals surface area contributed by atoms with Crippen molar-refractivity contribution in [2.24, 2.45) is 0 Å². The number of nitrogens with zero attached hydrogens (tertiary/aromatic N) is 3. The van der Waals surface area contributed by atoms with Gasteiger partial charge in [0, 0.05) is 71.9 Å². The van der Waals surface area contributed by atoms with E-state index in [1.165, 1.54) is 11.0 Å². The van der Waals surface area contributed by atoms with E-state index < -0.39 is 348 Å². The highest BCUT2D eigenvalue weighted by Gasteiger charge is 2.48. The minimum atomic E-state index is -3.72. The first-order valence-electron chi connectivity index (χ1n) is 52.7. The fourth-order valence-corrected chi connectivity index (χ4v) is 20.9. The summed E-state index contributed by atoms with van der Waals surface area (Å²) in [5.41, 5.74) is -16.9. The van der Waals surface area contributed by atoms with Crippen LogP contribution in [0.1, 0.15) is 126 Å². The SMILES string of the molecule is [2H]c1c([2H])c([2H])c(-c2c([2H])c(C(C)(C)C)c3c(oc4c([2H])c([2H])c([2H])c([2H])c43)c2N2c3cc(C(C)(C)C)cc4c3B(c3c([2H])c(-c5cccc([Si](c6ccccc6)(c6ccccc6)c6ccccc6)c5)c([2H])c([2H])c32)c2c([2H])c([2H])c(-n3c5c([2H])c([2H])c([2H])c([2H])c5c5c([2H])c([2H])c([2H])c([2H])c53)c([2H])c2N4c2c(-c3c([2H])c([2H])c([2H])c([2H])c3[2H])c([2H])c(C(C)(C)C)c3c2oc2c([2H])c([2H])c([2H])c([2H])c23)c([2H])c1[2H]. The van der Waals surface area contributed by atoms with E-state index in [0.717, 1.165) is 25.0 Å². The van der Waals surface area contributed by atoms with Crippen molar-refractivity contribution in [3.8, 4) is 39.1 Å². The maximum absolute atomic E-state index is 12.0. The Morgan fingerprint density at radius 3 is 1.28 bits per heavy atom. The summed E-state index contributed by atoms with van der Waals surface area (Å²) < 4.78 is 359. The smallest absolute Gasteiger partial charge is 0.252 e. The molecule has 2 aliphatic rings. The van der Waals surface area contributed by atoms with Crippen molar-refractivity contribution in [3.05, 3.63) is 350 Å². The minimum absolute atomic E-state index is 0.0912. The van der Waals surface area contributed by atoms with Crippen LogP contribution < -0.4 is 46.9 Å². The molecule has 524 valence electrons. The zero-order chi connectivity index (χ0) is 103. The van der Waals surface area contributed by atoms with E-state index in [2.05, 4.69) is 0 Å². The minimum Gasteiger partial charge on any atom is -0.454 e. The standard InChI is InChI=1S/C102H82BN3O2Si/c1-100(2,3)69-60-89-95-90(61-69)106(97-80(66-36-17-11-18-37-66)64-82(102(7,8)9)94-78-49-28-32-53-92(78)108-99(94)97)88-62-70(104-85-50-29-25-46-75(85)76-47-26-30-51-86(76)104)55-56-83(88)103(95)84-59-68(67-38-33-45-74(58-67)109(71-39-19-12-20-40-71,72-41-21-13-22-42-72)73-43-23-14-24-44-73)54-57-87(84)105(89)96-79(65-34-15-10-16-35-65)63-81(101(4,5)6)93-77-48-27-31-52-91(77)107-98(93)96/h10-64H,1-9H3/i10D,11D,15D,16D,17D,18D,25D,26D,27D,28D,29D,30D,31D,32D,34D,35D,36D,37D,46D,47D,48D,49D,50D,51D,52D,53D,54D,55D,56D,57D,59D,62D,63D,64D. The van der Waals surface area contributed by atoms with Gasteiger partial charge in [-0.1, -0.05) is 329 Å². The van der Waals surface area contributed by atoms with Gasteiger partial charge in [0.1, 0.15) is 11.2 Å². The maximum Gasteiger partial charge on any atom is 0.252 e. The molecule has 0 unspecified atom stereocenters. The molecular weight excluding hydrogens is 1340 g/mol. The molecule has 109 heavy (non-hydrogen) atoms. The predicted molar refractivity (Wildman–Crippen MR) is 465 cm³/mol. The molecule has 0 aliphatic carbocycles. The lowest BCUT2D eigenvalue weighted by atomic mass is 9.33. The Bertz CT molecular complexity index is 8620. The second-order valence-corrected chi connectivity index (χ2v) is 34.3. The predicted octanol–water partition coefficient (Wildman–Crippen LogP) is 22.9. The molecule has 0 saturated carbocycles. The number of fused-ring (bicyclic) bond motifs is 13. The highest BCUT2D eigenvalue weighted by Crippen LogP contribution is 2.57. The number of furan rings is 2. The summed E-state index contributed by atoms with van der Waals surface area (Å²) in [7, 11) is -3.72. The van der Waals surface area contributed by atoms with Gasteiger partial charge < -0.3 is 23.2 Å². The lowest BCUT2D eigenvalue weighted by molar-refractivity contribution is 0.590. The van der Waals surface area contributed by atoms with Gasteiger partial charge in [0.05, 0.1) is 69.0 Å². The van der Waals surface area contributed by atoms with Crippen LogP contribution in [-0.4, -0.2) is 19.4 Å². The molecule has 0 amide bonds. The van der Waals surface area contributed by atoms with Gasteiger partial charge in [-0.25, -0.2) is 0 Å². The number of hydrogen-bond donors (Lipinski definition) is 0. The normalized spacial score (nSPS) is 17.5. The van der Waals surface area contributed by atoms with Gasteiger partial charge in [-0.05, 0) is 159 Å². The zero-order valence-corrected chi connectivity index (χ0v) is 61.4. The van der Waals surface area contributed by atoms with Crippen molar-refractivity contribution in [1.29, 1.82) is 0 Å². The fourth-order valence-electron chi connectivity index (χ4n) is 16.1. The Balaban J connectivity index is 1.10. The van der Waals surface area contributed by atoms with Crippen molar-refractivity contribution in [1.82, 2.24) is 4.57 Å². The molecule has 0 bridgehead atoms. The van der Waals surface area contributed by atoms with Crippen LogP contribution >= 0.6 is 0 Å². The first kappa shape index (κ1) is 39.4. The van der Waals surface area contributed by atoms with E-state index in [9.17, 15) is 45.2 Å². The number of aromatic nitrogens is 1. The summed E-state index contributed by atoms with van der Waals surface area (Å²) in [6.07, 6.45) is 0. The largest absolute Gasteiger partial charge is 0.454 e. The van der Waals surface area contributed by atoms with E-state index in [-0.39, 0.29) is 60.8 Å². The molecule has 2 aliphatic heterocycles. The second kappa shape index (κ2) is 24.8. The molecule has 0 N–H and O–H groups in total. The van der Waals surface area contributed by atoms with Crippen LogP contribution in [0.25, 0.3) is 105 Å². The van der Waals surface area contributed by atoms with Crippen molar-refractivity contribution >= 4 is 152 Å². The van der Waals surface area contributed by atoms with Gasteiger partial charge in [0.25, 0.3) is 6.71 Å². The quantitative estimate of drug-likeness (QED) is 0.101. The zero-order valence-electron chi connectivity index (χ0n) is 94.4. The highest BCUT2D eigenvalue weighted by molar-refractivity contribution is 7.20. The summed E-state index contributed by atoms with van der Waals surface area (Å²) in [5.74, 6) is 0. The molecule has 0 spiro atoms. The van der Waals surface area contributed by atoms with Gasteiger partial charge >= 0.3 is 0 Å². The molecule has 3 aromatic heterocycles.